The molecular formula is C13H26N2O3. The van der Waals surface area contributed by atoms with Gasteiger partial charge in [-0.1, -0.05) is 0 Å². The van der Waals surface area contributed by atoms with Crippen molar-refractivity contribution in [2.24, 2.45) is 5.92 Å². The molecule has 5 nitrogen and oxygen atoms in total. The quantitative estimate of drug-likeness (QED) is 0.644. The van der Waals surface area contributed by atoms with E-state index in [9.17, 15) is 4.79 Å². The van der Waals surface area contributed by atoms with E-state index in [0.29, 0.717) is 19.8 Å². The van der Waals surface area contributed by atoms with Crippen LogP contribution in [-0.4, -0.2) is 64.4 Å². The van der Waals surface area contributed by atoms with Crippen LogP contribution in [0, 0.1) is 5.92 Å². The van der Waals surface area contributed by atoms with E-state index in [1.54, 1.807) is 14.2 Å². The van der Waals surface area contributed by atoms with Crippen molar-refractivity contribution >= 4 is 5.91 Å². The molecule has 0 saturated carbocycles. The molecule has 1 saturated heterocycles. The number of carbonyl (C=O) groups is 1. The Kier molecular flexibility index (Phi) is 7.96. The van der Waals surface area contributed by atoms with Gasteiger partial charge in [0.15, 0.2) is 0 Å². The van der Waals surface area contributed by atoms with Gasteiger partial charge >= 0.3 is 0 Å². The molecule has 1 rings (SSSR count). The second-order valence-electron chi connectivity index (χ2n) is 4.71. The third kappa shape index (κ3) is 5.33. The molecule has 0 unspecified atom stereocenters. The standard InChI is InChI=1S/C13H26N2O3/c1-17-9-4-7-15(8-10-18-2)13(16)12-5-3-6-14-11-12/h12,14H,3-11H2,1-2H3/t12-/m0/s1. The van der Waals surface area contributed by atoms with Crippen molar-refractivity contribution in [3.8, 4) is 0 Å². The molecule has 0 aromatic rings. The summed E-state index contributed by atoms with van der Waals surface area (Å²) in [5.41, 5.74) is 0. The van der Waals surface area contributed by atoms with Crippen LogP contribution in [0.5, 0.6) is 0 Å². The predicted molar refractivity (Wildman–Crippen MR) is 70.5 cm³/mol. The topological polar surface area (TPSA) is 50.8 Å². The maximum Gasteiger partial charge on any atom is 0.227 e. The van der Waals surface area contributed by atoms with Crippen molar-refractivity contribution in [1.82, 2.24) is 10.2 Å². The third-order valence-corrected chi connectivity index (χ3v) is 3.30. The third-order valence-electron chi connectivity index (χ3n) is 3.30. The van der Waals surface area contributed by atoms with Gasteiger partial charge < -0.3 is 19.7 Å². The molecule has 0 spiro atoms. The molecule has 1 heterocycles. The summed E-state index contributed by atoms with van der Waals surface area (Å²) in [7, 11) is 3.35. The van der Waals surface area contributed by atoms with E-state index in [1.807, 2.05) is 4.90 Å². The molecule has 1 aliphatic rings. The van der Waals surface area contributed by atoms with Crippen LogP contribution in [0.4, 0.5) is 0 Å². The lowest BCUT2D eigenvalue weighted by atomic mass is 9.98. The lowest BCUT2D eigenvalue weighted by Gasteiger charge is -2.29. The van der Waals surface area contributed by atoms with Gasteiger partial charge in [-0.25, -0.2) is 0 Å². The molecule has 0 bridgehead atoms. The number of nitrogens with one attached hydrogen (secondary N) is 1. The van der Waals surface area contributed by atoms with Crippen molar-refractivity contribution in [2.45, 2.75) is 19.3 Å². The predicted octanol–water partition coefficient (Wildman–Crippen LogP) is 0.498. The normalized spacial score (nSPS) is 19.8. The Morgan fingerprint density at radius 2 is 2.06 bits per heavy atom. The second-order valence-corrected chi connectivity index (χ2v) is 4.71. The minimum Gasteiger partial charge on any atom is -0.385 e. The number of ether oxygens (including phenoxy) is 2. The summed E-state index contributed by atoms with van der Waals surface area (Å²) in [5.74, 6) is 0.397. The van der Waals surface area contributed by atoms with E-state index in [2.05, 4.69) is 5.32 Å². The van der Waals surface area contributed by atoms with E-state index in [-0.39, 0.29) is 11.8 Å². The maximum absolute atomic E-state index is 12.4. The number of methoxy groups -OCH3 is 2. The van der Waals surface area contributed by atoms with E-state index in [0.717, 1.165) is 38.9 Å². The Bertz CT molecular complexity index is 230. The molecule has 0 radical (unpaired) electrons. The molecular weight excluding hydrogens is 232 g/mol. The van der Waals surface area contributed by atoms with Crippen molar-refractivity contribution in [2.75, 3.05) is 53.6 Å². The summed E-state index contributed by atoms with van der Waals surface area (Å²) < 4.78 is 10.1. The van der Waals surface area contributed by atoms with Crippen LogP contribution in [0.3, 0.4) is 0 Å². The monoisotopic (exact) mass is 258 g/mol. The molecule has 106 valence electrons. The second kappa shape index (κ2) is 9.30. The number of rotatable bonds is 8. The van der Waals surface area contributed by atoms with Crippen LogP contribution in [0.2, 0.25) is 0 Å². The molecule has 0 aromatic heterocycles. The highest BCUT2D eigenvalue weighted by Crippen LogP contribution is 2.13. The molecule has 1 amide bonds. The van der Waals surface area contributed by atoms with Crippen molar-refractivity contribution in [1.29, 1.82) is 0 Å². The molecule has 1 fully saturated rings. The zero-order valence-corrected chi connectivity index (χ0v) is 11.6. The lowest BCUT2D eigenvalue weighted by molar-refractivity contribution is -0.136. The van der Waals surface area contributed by atoms with E-state index >= 15 is 0 Å². The Balaban J connectivity index is 2.42. The maximum atomic E-state index is 12.4. The van der Waals surface area contributed by atoms with Gasteiger partial charge in [-0.3, -0.25) is 4.79 Å². The molecule has 0 aliphatic carbocycles. The van der Waals surface area contributed by atoms with Crippen LogP contribution in [-0.2, 0) is 14.3 Å². The zero-order valence-electron chi connectivity index (χ0n) is 11.6. The smallest absolute Gasteiger partial charge is 0.227 e. The fourth-order valence-electron chi connectivity index (χ4n) is 2.25. The molecule has 18 heavy (non-hydrogen) atoms. The first-order valence-electron chi connectivity index (χ1n) is 6.77. The number of hydrogen-bond donors (Lipinski definition) is 1. The van der Waals surface area contributed by atoms with E-state index in [4.69, 9.17) is 9.47 Å². The zero-order chi connectivity index (χ0) is 13.2. The fourth-order valence-corrected chi connectivity index (χ4v) is 2.25. The number of nitrogens with zero attached hydrogens (tertiary/aromatic N) is 1. The SMILES string of the molecule is COCCCN(CCOC)C(=O)[C@H]1CCCNC1. The summed E-state index contributed by atoms with van der Waals surface area (Å²) in [4.78, 5) is 14.3. The van der Waals surface area contributed by atoms with Gasteiger partial charge in [0.05, 0.1) is 12.5 Å². The summed E-state index contributed by atoms with van der Waals surface area (Å²) >= 11 is 0. The lowest BCUT2D eigenvalue weighted by Crippen LogP contribution is -2.44. The number of piperidine rings is 1. The molecule has 1 aliphatic heterocycles. The average Bonchev–Trinajstić information content (AvgIpc) is 2.43. The Labute approximate surface area is 110 Å². The van der Waals surface area contributed by atoms with Crippen molar-refractivity contribution in [3.63, 3.8) is 0 Å². The van der Waals surface area contributed by atoms with Crippen LogP contribution >= 0.6 is 0 Å². The first-order valence-corrected chi connectivity index (χ1v) is 6.77. The summed E-state index contributed by atoms with van der Waals surface area (Å²) in [6.45, 7) is 4.57. The van der Waals surface area contributed by atoms with Crippen LogP contribution in [0.15, 0.2) is 0 Å². The summed E-state index contributed by atoms with van der Waals surface area (Å²) in [6, 6.07) is 0. The Morgan fingerprint density at radius 3 is 2.67 bits per heavy atom. The molecule has 0 aromatic carbocycles. The number of amides is 1. The van der Waals surface area contributed by atoms with Crippen LogP contribution in [0.1, 0.15) is 19.3 Å². The molecule has 5 heteroatoms. The molecule has 1 atom stereocenters. The van der Waals surface area contributed by atoms with Crippen LogP contribution in [0.25, 0.3) is 0 Å². The van der Waals surface area contributed by atoms with Gasteiger partial charge in [-0.2, -0.15) is 0 Å². The van der Waals surface area contributed by atoms with Gasteiger partial charge in [0, 0.05) is 40.5 Å². The van der Waals surface area contributed by atoms with E-state index in [1.165, 1.54) is 0 Å². The largest absolute Gasteiger partial charge is 0.385 e. The summed E-state index contributed by atoms with van der Waals surface area (Å²) in [6.07, 6.45) is 2.97. The Morgan fingerprint density at radius 1 is 1.28 bits per heavy atom. The van der Waals surface area contributed by atoms with Gasteiger partial charge in [0.1, 0.15) is 0 Å². The van der Waals surface area contributed by atoms with E-state index < -0.39 is 0 Å². The molecule has 1 N–H and O–H groups in total. The first-order chi connectivity index (χ1) is 8.79. The highest BCUT2D eigenvalue weighted by molar-refractivity contribution is 5.79. The highest BCUT2D eigenvalue weighted by atomic mass is 16.5. The van der Waals surface area contributed by atoms with Crippen molar-refractivity contribution < 1.29 is 14.3 Å². The highest BCUT2D eigenvalue weighted by Gasteiger charge is 2.25. The number of carbonyl (C=O) groups excluding carboxylic acids is 1. The Hall–Kier alpha value is -0.650. The minimum absolute atomic E-state index is 0.137. The van der Waals surface area contributed by atoms with Crippen LogP contribution < -0.4 is 5.32 Å². The average molecular weight is 258 g/mol. The fraction of sp³-hybridized carbons (Fsp3) is 0.923. The minimum atomic E-state index is 0.137. The van der Waals surface area contributed by atoms with Gasteiger partial charge in [-0.15, -0.1) is 0 Å². The van der Waals surface area contributed by atoms with Gasteiger partial charge in [0.2, 0.25) is 5.91 Å². The van der Waals surface area contributed by atoms with Gasteiger partial charge in [-0.05, 0) is 25.8 Å². The first kappa shape index (κ1) is 15.4. The summed E-state index contributed by atoms with van der Waals surface area (Å²) in [5, 5.41) is 3.29. The van der Waals surface area contributed by atoms with Crippen molar-refractivity contribution in [3.05, 3.63) is 0 Å². The number of hydrogen-bond acceptors (Lipinski definition) is 4. The van der Waals surface area contributed by atoms with Gasteiger partial charge in [0.25, 0.3) is 0 Å².